The zero-order valence-corrected chi connectivity index (χ0v) is 7.12. The maximum absolute atomic E-state index is 11.7. The van der Waals surface area contributed by atoms with Gasteiger partial charge in [0.2, 0.25) is 5.91 Å². The lowest BCUT2D eigenvalue weighted by Crippen LogP contribution is -2.36. The molecular weight excluding hydrogens is 152 g/mol. The molecular formula is C9H14N2O. The smallest absolute Gasteiger partial charge is 0.240 e. The number of nitrogens with zero attached hydrogens (tertiary/aromatic N) is 1. The van der Waals surface area contributed by atoms with E-state index in [1.807, 2.05) is 0 Å². The molecule has 0 radical (unpaired) electrons. The summed E-state index contributed by atoms with van der Waals surface area (Å²) in [4.78, 5) is 13.8. The van der Waals surface area contributed by atoms with E-state index < -0.39 is 0 Å². The molecule has 0 bridgehead atoms. The number of rotatable bonds is 0. The van der Waals surface area contributed by atoms with E-state index in [0.717, 1.165) is 13.1 Å². The van der Waals surface area contributed by atoms with Crippen LogP contribution in [0.1, 0.15) is 19.3 Å². The first kappa shape index (κ1) is 6.89. The molecule has 3 heteroatoms. The van der Waals surface area contributed by atoms with Gasteiger partial charge in [0.15, 0.2) is 0 Å². The standard InChI is InChI=1S/C9H14N2O/c12-9-8-6(3-4-10-8)7-2-1-5-11(7)9/h6-8,10H,1-5H2/t6-,7-,8+/m0/s1. The lowest BCUT2D eigenvalue weighted by atomic mass is 9.95. The Morgan fingerprint density at radius 2 is 2.33 bits per heavy atom. The number of hydrogen-bond donors (Lipinski definition) is 1. The Morgan fingerprint density at radius 3 is 3.25 bits per heavy atom. The molecule has 12 heavy (non-hydrogen) atoms. The van der Waals surface area contributed by atoms with Crippen LogP contribution in [0.2, 0.25) is 0 Å². The molecule has 3 atom stereocenters. The van der Waals surface area contributed by atoms with Crippen LogP contribution in [0.5, 0.6) is 0 Å². The summed E-state index contributed by atoms with van der Waals surface area (Å²) in [6.45, 7) is 2.06. The van der Waals surface area contributed by atoms with E-state index in [1.165, 1.54) is 19.3 Å². The van der Waals surface area contributed by atoms with Crippen molar-refractivity contribution in [1.29, 1.82) is 0 Å². The topological polar surface area (TPSA) is 32.3 Å². The third-order valence-corrected chi connectivity index (χ3v) is 3.61. The molecule has 3 saturated heterocycles. The molecule has 0 spiro atoms. The lowest BCUT2D eigenvalue weighted by Gasteiger charge is -2.17. The Hall–Kier alpha value is -0.570. The summed E-state index contributed by atoms with van der Waals surface area (Å²) in [5.41, 5.74) is 0. The number of carbonyl (C=O) groups excluding carboxylic acids is 1. The fourth-order valence-electron chi connectivity index (χ4n) is 3.10. The van der Waals surface area contributed by atoms with Gasteiger partial charge in [0, 0.05) is 18.5 Å². The molecule has 3 aliphatic rings. The van der Waals surface area contributed by atoms with Gasteiger partial charge < -0.3 is 10.2 Å². The van der Waals surface area contributed by atoms with Crippen LogP contribution >= 0.6 is 0 Å². The minimum atomic E-state index is 0.190. The average molecular weight is 166 g/mol. The van der Waals surface area contributed by atoms with Gasteiger partial charge in [-0.2, -0.15) is 0 Å². The predicted molar refractivity (Wildman–Crippen MR) is 44.6 cm³/mol. The van der Waals surface area contributed by atoms with Gasteiger partial charge in [0.25, 0.3) is 0 Å². The summed E-state index contributed by atoms with van der Waals surface area (Å²) in [5.74, 6) is 1.01. The maximum atomic E-state index is 11.7. The second kappa shape index (κ2) is 2.22. The van der Waals surface area contributed by atoms with Gasteiger partial charge in [-0.3, -0.25) is 4.79 Å². The van der Waals surface area contributed by atoms with Crippen LogP contribution in [0, 0.1) is 5.92 Å². The largest absolute Gasteiger partial charge is 0.338 e. The van der Waals surface area contributed by atoms with Crippen molar-refractivity contribution in [2.24, 2.45) is 5.92 Å². The molecule has 1 amide bonds. The highest BCUT2D eigenvalue weighted by Crippen LogP contribution is 2.37. The monoisotopic (exact) mass is 166 g/mol. The van der Waals surface area contributed by atoms with E-state index in [-0.39, 0.29) is 6.04 Å². The highest BCUT2D eigenvalue weighted by Gasteiger charge is 2.51. The molecule has 3 fully saturated rings. The Balaban J connectivity index is 1.94. The van der Waals surface area contributed by atoms with Gasteiger partial charge in [-0.15, -0.1) is 0 Å². The van der Waals surface area contributed by atoms with E-state index in [9.17, 15) is 4.79 Å². The molecule has 3 heterocycles. The van der Waals surface area contributed by atoms with Crippen LogP contribution in [0.3, 0.4) is 0 Å². The fourth-order valence-corrected chi connectivity index (χ4v) is 3.10. The molecule has 0 aromatic carbocycles. The highest BCUT2D eigenvalue weighted by atomic mass is 16.2. The predicted octanol–water partition coefficient (Wildman–Crippen LogP) is -0.0309. The van der Waals surface area contributed by atoms with Crippen molar-refractivity contribution in [1.82, 2.24) is 10.2 Å². The Labute approximate surface area is 72.1 Å². The van der Waals surface area contributed by atoms with Crippen LogP contribution in [0.15, 0.2) is 0 Å². The van der Waals surface area contributed by atoms with E-state index in [0.29, 0.717) is 17.9 Å². The third kappa shape index (κ3) is 0.678. The first-order chi connectivity index (χ1) is 5.88. The van der Waals surface area contributed by atoms with Crippen LogP contribution < -0.4 is 5.32 Å². The van der Waals surface area contributed by atoms with Crippen molar-refractivity contribution in [2.45, 2.75) is 31.3 Å². The van der Waals surface area contributed by atoms with E-state index in [1.54, 1.807) is 0 Å². The van der Waals surface area contributed by atoms with E-state index in [2.05, 4.69) is 10.2 Å². The second-order valence-corrected chi connectivity index (χ2v) is 4.13. The Morgan fingerprint density at radius 1 is 1.42 bits per heavy atom. The van der Waals surface area contributed by atoms with Crippen LogP contribution in [0.25, 0.3) is 0 Å². The SMILES string of the molecule is O=C1[C@@H]2NCC[C@H]2[C@@H]2CCCN12. The number of hydrogen-bond acceptors (Lipinski definition) is 2. The number of nitrogens with one attached hydrogen (secondary N) is 1. The second-order valence-electron chi connectivity index (χ2n) is 4.13. The lowest BCUT2D eigenvalue weighted by molar-refractivity contribution is -0.129. The maximum Gasteiger partial charge on any atom is 0.240 e. The minimum Gasteiger partial charge on any atom is -0.338 e. The van der Waals surface area contributed by atoms with Gasteiger partial charge in [-0.1, -0.05) is 0 Å². The van der Waals surface area contributed by atoms with Gasteiger partial charge in [-0.25, -0.2) is 0 Å². The molecule has 0 aromatic heterocycles. The fraction of sp³-hybridized carbons (Fsp3) is 0.889. The first-order valence-corrected chi connectivity index (χ1v) is 4.92. The molecule has 3 nitrogen and oxygen atoms in total. The van der Waals surface area contributed by atoms with Crippen LogP contribution in [0.4, 0.5) is 0 Å². The van der Waals surface area contributed by atoms with Crippen LogP contribution in [-0.2, 0) is 4.79 Å². The molecule has 0 unspecified atom stereocenters. The summed E-state index contributed by atoms with van der Waals surface area (Å²) >= 11 is 0. The summed E-state index contributed by atoms with van der Waals surface area (Å²) in [6, 6.07) is 0.785. The van der Waals surface area contributed by atoms with Gasteiger partial charge >= 0.3 is 0 Å². The Bertz CT molecular complexity index is 207. The summed E-state index contributed by atoms with van der Waals surface area (Å²) in [7, 11) is 0. The van der Waals surface area contributed by atoms with Crippen molar-refractivity contribution < 1.29 is 4.79 Å². The number of carbonyl (C=O) groups is 1. The average Bonchev–Trinajstić information content (AvgIpc) is 2.72. The van der Waals surface area contributed by atoms with Crippen molar-refractivity contribution >= 4 is 5.91 Å². The molecule has 66 valence electrons. The zero-order valence-electron chi connectivity index (χ0n) is 7.12. The van der Waals surface area contributed by atoms with Crippen molar-refractivity contribution in [2.75, 3.05) is 13.1 Å². The van der Waals surface area contributed by atoms with Crippen LogP contribution in [-0.4, -0.2) is 36.0 Å². The van der Waals surface area contributed by atoms with E-state index in [4.69, 9.17) is 0 Å². The molecule has 0 saturated carbocycles. The summed E-state index contributed by atoms with van der Waals surface area (Å²) in [6.07, 6.45) is 3.67. The first-order valence-electron chi connectivity index (χ1n) is 4.92. The van der Waals surface area contributed by atoms with Crippen molar-refractivity contribution in [3.05, 3.63) is 0 Å². The molecule has 0 aromatic rings. The molecule has 0 aliphatic carbocycles. The number of amides is 1. The minimum absolute atomic E-state index is 0.190. The van der Waals surface area contributed by atoms with Gasteiger partial charge in [0.05, 0.1) is 6.04 Å². The summed E-state index contributed by atoms with van der Waals surface area (Å²) in [5, 5.41) is 3.31. The third-order valence-electron chi connectivity index (χ3n) is 3.61. The van der Waals surface area contributed by atoms with Gasteiger partial charge in [0.1, 0.15) is 0 Å². The normalized spacial score (nSPS) is 45.2. The van der Waals surface area contributed by atoms with Crippen molar-refractivity contribution in [3.8, 4) is 0 Å². The highest BCUT2D eigenvalue weighted by molar-refractivity contribution is 5.86. The Kier molecular flexibility index (Phi) is 1.28. The molecule has 3 rings (SSSR count). The molecule has 1 N–H and O–H groups in total. The van der Waals surface area contributed by atoms with Gasteiger partial charge in [-0.05, 0) is 25.8 Å². The zero-order chi connectivity index (χ0) is 8.13. The van der Waals surface area contributed by atoms with E-state index >= 15 is 0 Å². The molecule has 3 aliphatic heterocycles. The summed E-state index contributed by atoms with van der Waals surface area (Å²) < 4.78 is 0. The van der Waals surface area contributed by atoms with Crippen molar-refractivity contribution in [3.63, 3.8) is 0 Å². The number of fused-ring (bicyclic) bond motifs is 3. The quantitative estimate of drug-likeness (QED) is 0.548.